The molecule has 3 nitrogen and oxygen atoms in total. The lowest BCUT2D eigenvalue weighted by Crippen LogP contribution is -2.37. The fraction of sp³-hybridized carbons (Fsp3) is 0.667. The van der Waals surface area contributed by atoms with Gasteiger partial charge in [-0.2, -0.15) is 0 Å². The molecule has 4 heteroatoms. The van der Waals surface area contributed by atoms with Crippen molar-refractivity contribution in [3.8, 4) is 0 Å². The molecule has 19 heavy (non-hydrogen) atoms. The van der Waals surface area contributed by atoms with Crippen LogP contribution in [-0.4, -0.2) is 35.6 Å². The smallest absolute Gasteiger partial charge is 0.129 e. The maximum atomic E-state index is 5.83. The largest absolute Gasteiger partial charge is 0.313 e. The minimum Gasteiger partial charge on any atom is -0.313 e. The van der Waals surface area contributed by atoms with Crippen molar-refractivity contribution in [2.75, 3.05) is 19.6 Å². The van der Waals surface area contributed by atoms with Crippen LogP contribution in [0.25, 0.3) is 0 Å². The van der Waals surface area contributed by atoms with Gasteiger partial charge in [0.2, 0.25) is 0 Å². The Kier molecular flexibility index (Phi) is 6.08. The average molecular weight is 282 g/mol. The van der Waals surface area contributed by atoms with Crippen LogP contribution in [0.3, 0.4) is 0 Å². The van der Waals surface area contributed by atoms with Crippen molar-refractivity contribution < 1.29 is 0 Å². The van der Waals surface area contributed by atoms with Crippen LogP contribution >= 0.6 is 11.6 Å². The van der Waals surface area contributed by atoms with Crippen molar-refractivity contribution in [3.63, 3.8) is 0 Å². The molecule has 1 saturated heterocycles. The Morgan fingerprint density at radius 1 is 1.47 bits per heavy atom. The van der Waals surface area contributed by atoms with Gasteiger partial charge in [-0.05, 0) is 44.0 Å². The van der Waals surface area contributed by atoms with Crippen LogP contribution < -0.4 is 5.32 Å². The molecule has 2 heterocycles. The number of hydrogen-bond donors (Lipinski definition) is 1. The molecule has 1 atom stereocenters. The second kappa shape index (κ2) is 7.83. The molecule has 106 valence electrons. The number of aromatic nitrogens is 1. The quantitative estimate of drug-likeness (QED) is 0.779. The summed E-state index contributed by atoms with van der Waals surface area (Å²) in [4.78, 5) is 6.71. The molecule has 0 radical (unpaired) electrons. The topological polar surface area (TPSA) is 28.2 Å². The molecule has 1 N–H and O–H groups in total. The molecule has 1 aromatic rings. The van der Waals surface area contributed by atoms with Gasteiger partial charge in [0.05, 0.1) is 0 Å². The fourth-order valence-corrected chi connectivity index (χ4v) is 2.71. The van der Waals surface area contributed by atoms with E-state index in [0.717, 1.165) is 19.6 Å². The highest BCUT2D eigenvalue weighted by Gasteiger charge is 2.17. The predicted molar refractivity (Wildman–Crippen MR) is 80.5 cm³/mol. The van der Waals surface area contributed by atoms with Crippen LogP contribution in [0, 0.1) is 0 Å². The molecule has 0 aliphatic carbocycles. The van der Waals surface area contributed by atoms with E-state index in [0.29, 0.717) is 11.2 Å². The first kappa shape index (κ1) is 14.8. The van der Waals surface area contributed by atoms with Crippen molar-refractivity contribution in [1.82, 2.24) is 15.2 Å². The van der Waals surface area contributed by atoms with Gasteiger partial charge in [-0.3, -0.25) is 4.90 Å². The van der Waals surface area contributed by atoms with Gasteiger partial charge in [-0.15, -0.1) is 0 Å². The SMILES string of the molecule is CCCCN(Cc1ccc(Cl)nc1)CC1CCCN1. The molecule has 1 aromatic heterocycles. The third kappa shape index (κ3) is 5.09. The molecule has 0 bridgehead atoms. The highest BCUT2D eigenvalue weighted by molar-refractivity contribution is 6.29. The Balaban J connectivity index is 1.89. The summed E-state index contributed by atoms with van der Waals surface area (Å²) in [6, 6.07) is 4.62. The van der Waals surface area contributed by atoms with Gasteiger partial charge in [0.1, 0.15) is 5.15 Å². The normalized spacial score (nSPS) is 19.2. The van der Waals surface area contributed by atoms with E-state index in [-0.39, 0.29) is 0 Å². The lowest BCUT2D eigenvalue weighted by Gasteiger charge is -2.25. The van der Waals surface area contributed by atoms with Crippen LogP contribution in [0.1, 0.15) is 38.2 Å². The minimum absolute atomic E-state index is 0.571. The van der Waals surface area contributed by atoms with Crippen LogP contribution in [0.15, 0.2) is 18.3 Å². The van der Waals surface area contributed by atoms with Crippen molar-refractivity contribution in [2.45, 2.75) is 45.2 Å². The monoisotopic (exact) mass is 281 g/mol. The zero-order valence-corrected chi connectivity index (χ0v) is 12.5. The summed E-state index contributed by atoms with van der Waals surface area (Å²) in [6.45, 7) is 6.70. The number of halogens is 1. The maximum Gasteiger partial charge on any atom is 0.129 e. The van der Waals surface area contributed by atoms with Gasteiger partial charge < -0.3 is 5.32 Å². The summed E-state index contributed by atoms with van der Waals surface area (Å²) in [5.74, 6) is 0. The molecule has 0 amide bonds. The summed E-state index contributed by atoms with van der Waals surface area (Å²) < 4.78 is 0. The average Bonchev–Trinajstić information content (AvgIpc) is 2.91. The van der Waals surface area contributed by atoms with Crippen LogP contribution in [0.4, 0.5) is 0 Å². The first-order valence-corrected chi connectivity index (χ1v) is 7.72. The van der Waals surface area contributed by atoms with E-state index in [1.807, 2.05) is 12.3 Å². The third-order valence-corrected chi connectivity index (χ3v) is 3.89. The number of rotatable bonds is 7. The Morgan fingerprint density at radius 2 is 2.37 bits per heavy atom. The van der Waals surface area contributed by atoms with Crippen LogP contribution in [0.5, 0.6) is 0 Å². The Bertz CT molecular complexity index is 360. The molecular formula is C15H24ClN3. The number of pyridine rings is 1. The molecule has 1 aliphatic heterocycles. The Hall–Kier alpha value is -0.640. The van der Waals surface area contributed by atoms with Crippen molar-refractivity contribution in [2.24, 2.45) is 0 Å². The molecule has 1 unspecified atom stereocenters. The second-order valence-electron chi connectivity index (χ2n) is 5.37. The maximum absolute atomic E-state index is 5.83. The minimum atomic E-state index is 0.571. The standard InChI is InChI=1S/C15H24ClN3/c1-2-3-9-19(12-14-5-4-8-17-14)11-13-6-7-15(16)18-10-13/h6-7,10,14,17H,2-5,8-9,11-12H2,1H3. The van der Waals surface area contributed by atoms with E-state index in [4.69, 9.17) is 11.6 Å². The van der Waals surface area contributed by atoms with E-state index in [9.17, 15) is 0 Å². The highest BCUT2D eigenvalue weighted by atomic mass is 35.5. The van der Waals surface area contributed by atoms with E-state index in [1.54, 1.807) is 0 Å². The molecule has 1 aliphatic rings. The van der Waals surface area contributed by atoms with Crippen LogP contribution in [0.2, 0.25) is 5.15 Å². The van der Waals surface area contributed by atoms with Gasteiger partial charge >= 0.3 is 0 Å². The summed E-state index contributed by atoms with van der Waals surface area (Å²) in [5, 5.41) is 4.15. The number of unbranched alkanes of at least 4 members (excludes halogenated alkanes) is 1. The van der Waals surface area contributed by atoms with E-state index < -0.39 is 0 Å². The summed E-state index contributed by atoms with van der Waals surface area (Å²) >= 11 is 5.83. The summed E-state index contributed by atoms with van der Waals surface area (Å²) in [7, 11) is 0. The lowest BCUT2D eigenvalue weighted by atomic mass is 10.2. The first-order chi connectivity index (χ1) is 9.28. The first-order valence-electron chi connectivity index (χ1n) is 7.34. The molecule has 0 spiro atoms. The molecule has 1 fully saturated rings. The van der Waals surface area contributed by atoms with E-state index >= 15 is 0 Å². The fourth-order valence-electron chi connectivity index (χ4n) is 2.60. The molecular weight excluding hydrogens is 258 g/mol. The molecule has 0 saturated carbocycles. The Morgan fingerprint density at radius 3 is 3.00 bits per heavy atom. The van der Waals surface area contributed by atoms with Gasteiger partial charge in [-0.1, -0.05) is 31.0 Å². The molecule has 2 rings (SSSR count). The zero-order chi connectivity index (χ0) is 13.5. The van der Waals surface area contributed by atoms with Gasteiger partial charge in [-0.25, -0.2) is 4.98 Å². The summed E-state index contributed by atoms with van der Waals surface area (Å²) in [6.07, 6.45) is 7.01. The number of hydrogen-bond acceptors (Lipinski definition) is 3. The Labute approximate surface area is 121 Å². The second-order valence-corrected chi connectivity index (χ2v) is 5.76. The molecule has 0 aromatic carbocycles. The van der Waals surface area contributed by atoms with E-state index in [1.165, 1.54) is 37.8 Å². The zero-order valence-electron chi connectivity index (χ0n) is 11.7. The van der Waals surface area contributed by atoms with Crippen molar-refractivity contribution in [1.29, 1.82) is 0 Å². The van der Waals surface area contributed by atoms with Gasteiger partial charge in [0, 0.05) is 25.3 Å². The predicted octanol–water partition coefficient (Wildman–Crippen LogP) is 3.09. The van der Waals surface area contributed by atoms with Crippen molar-refractivity contribution >= 4 is 11.6 Å². The van der Waals surface area contributed by atoms with Crippen LogP contribution in [-0.2, 0) is 6.54 Å². The lowest BCUT2D eigenvalue weighted by molar-refractivity contribution is 0.237. The number of nitrogens with one attached hydrogen (secondary N) is 1. The highest BCUT2D eigenvalue weighted by Crippen LogP contribution is 2.12. The van der Waals surface area contributed by atoms with Gasteiger partial charge in [0.15, 0.2) is 0 Å². The van der Waals surface area contributed by atoms with E-state index in [2.05, 4.69) is 28.2 Å². The van der Waals surface area contributed by atoms with Gasteiger partial charge in [0.25, 0.3) is 0 Å². The summed E-state index contributed by atoms with van der Waals surface area (Å²) in [5.41, 5.74) is 1.25. The van der Waals surface area contributed by atoms with Crippen molar-refractivity contribution in [3.05, 3.63) is 29.0 Å². The number of nitrogens with zero attached hydrogens (tertiary/aromatic N) is 2. The third-order valence-electron chi connectivity index (χ3n) is 3.66.